The number of carbonyl (C=O) groups is 1. The second kappa shape index (κ2) is 7.57. The van der Waals surface area contributed by atoms with Gasteiger partial charge in [-0.2, -0.15) is 0 Å². The molecule has 0 aliphatic rings. The maximum Gasteiger partial charge on any atom is 0.227 e. The van der Waals surface area contributed by atoms with Crippen molar-refractivity contribution >= 4 is 22.7 Å². The summed E-state index contributed by atoms with van der Waals surface area (Å²) in [4.78, 5) is 16.4. The number of amides is 1. The average molecular weight is 370 g/mol. The smallest absolute Gasteiger partial charge is 0.227 e. The van der Waals surface area contributed by atoms with Crippen molar-refractivity contribution in [1.82, 2.24) is 4.98 Å². The molecule has 0 atom stereocenters. The number of nitrogens with one attached hydrogen (secondary N) is 1. The average Bonchev–Trinajstić information content (AvgIpc) is 3.09. The SMILES string of the molecule is COc1cc(-c2nc3cc(NC(=O)C(C)C)ccc3o2)cc(OC)c1OC. The molecule has 1 aromatic heterocycles. The Kier molecular flexibility index (Phi) is 5.21. The molecule has 0 saturated heterocycles. The van der Waals surface area contributed by atoms with Crippen LogP contribution in [0.5, 0.6) is 17.2 Å². The molecule has 1 amide bonds. The highest BCUT2D eigenvalue weighted by Crippen LogP contribution is 2.41. The summed E-state index contributed by atoms with van der Waals surface area (Å²) in [6.45, 7) is 3.68. The summed E-state index contributed by atoms with van der Waals surface area (Å²) in [5.74, 6) is 1.78. The molecule has 0 radical (unpaired) electrons. The fourth-order valence-electron chi connectivity index (χ4n) is 2.62. The van der Waals surface area contributed by atoms with Crippen LogP contribution >= 0.6 is 0 Å². The molecule has 3 aromatic rings. The van der Waals surface area contributed by atoms with Gasteiger partial charge in [-0.25, -0.2) is 4.98 Å². The van der Waals surface area contributed by atoms with Gasteiger partial charge in [0.1, 0.15) is 5.52 Å². The second-order valence-corrected chi connectivity index (χ2v) is 6.26. The number of carbonyl (C=O) groups excluding carboxylic acids is 1. The summed E-state index contributed by atoms with van der Waals surface area (Å²) in [6.07, 6.45) is 0. The van der Waals surface area contributed by atoms with Gasteiger partial charge in [0, 0.05) is 17.2 Å². The Morgan fingerprint density at radius 2 is 1.70 bits per heavy atom. The zero-order chi connectivity index (χ0) is 19.6. The first-order chi connectivity index (χ1) is 13.0. The van der Waals surface area contributed by atoms with E-state index in [2.05, 4.69) is 10.3 Å². The zero-order valence-corrected chi connectivity index (χ0v) is 16.0. The monoisotopic (exact) mass is 370 g/mol. The third-order valence-corrected chi connectivity index (χ3v) is 4.09. The lowest BCUT2D eigenvalue weighted by Gasteiger charge is -2.12. The van der Waals surface area contributed by atoms with Crippen LogP contribution in [0.15, 0.2) is 34.7 Å². The standard InChI is InChI=1S/C20H22N2O5/c1-11(2)19(23)21-13-6-7-15-14(10-13)22-20(27-15)12-8-16(24-3)18(26-5)17(9-12)25-4/h6-11H,1-5H3,(H,21,23). The van der Waals surface area contributed by atoms with E-state index in [9.17, 15) is 4.79 Å². The number of anilines is 1. The predicted octanol–water partition coefficient (Wildman–Crippen LogP) is 4.12. The van der Waals surface area contributed by atoms with Gasteiger partial charge in [0.2, 0.25) is 17.5 Å². The molecule has 0 bridgehead atoms. The number of fused-ring (bicyclic) bond motifs is 1. The van der Waals surface area contributed by atoms with Crippen molar-refractivity contribution in [3.8, 4) is 28.7 Å². The first kappa shape index (κ1) is 18.6. The van der Waals surface area contributed by atoms with E-state index in [0.29, 0.717) is 45.5 Å². The molecule has 7 nitrogen and oxygen atoms in total. The van der Waals surface area contributed by atoms with E-state index < -0.39 is 0 Å². The molecule has 0 fully saturated rings. The van der Waals surface area contributed by atoms with E-state index in [0.717, 1.165) is 0 Å². The number of aromatic nitrogens is 1. The van der Waals surface area contributed by atoms with Crippen molar-refractivity contribution in [2.45, 2.75) is 13.8 Å². The topological polar surface area (TPSA) is 82.8 Å². The maximum atomic E-state index is 11.9. The Morgan fingerprint density at radius 3 is 2.26 bits per heavy atom. The van der Waals surface area contributed by atoms with Crippen LogP contribution in [-0.2, 0) is 4.79 Å². The highest BCUT2D eigenvalue weighted by atomic mass is 16.5. The minimum atomic E-state index is -0.104. The van der Waals surface area contributed by atoms with Crippen LogP contribution < -0.4 is 19.5 Å². The molecule has 0 spiro atoms. The molecular formula is C20H22N2O5. The molecule has 1 N–H and O–H groups in total. The van der Waals surface area contributed by atoms with Gasteiger partial charge in [-0.05, 0) is 30.3 Å². The highest BCUT2D eigenvalue weighted by Gasteiger charge is 2.17. The summed E-state index contributed by atoms with van der Waals surface area (Å²) in [6, 6.07) is 8.88. The fraction of sp³-hybridized carbons (Fsp3) is 0.300. The Balaban J connectivity index is 2.01. The van der Waals surface area contributed by atoms with Gasteiger partial charge in [0.05, 0.1) is 21.3 Å². The first-order valence-corrected chi connectivity index (χ1v) is 8.48. The van der Waals surface area contributed by atoms with Crippen molar-refractivity contribution in [3.05, 3.63) is 30.3 Å². The molecule has 2 aromatic carbocycles. The normalized spacial score (nSPS) is 10.9. The van der Waals surface area contributed by atoms with E-state index in [-0.39, 0.29) is 11.8 Å². The van der Waals surface area contributed by atoms with Gasteiger partial charge in [0.15, 0.2) is 17.1 Å². The van der Waals surface area contributed by atoms with Gasteiger partial charge < -0.3 is 23.9 Å². The van der Waals surface area contributed by atoms with Crippen LogP contribution in [0.25, 0.3) is 22.6 Å². The first-order valence-electron chi connectivity index (χ1n) is 8.48. The number of hydrogen-bond donors (Lipinski definition) is 1. The number of benzene rings is 2. The van der Waals surface area contributed by atoms with E-state index in [1.807, 2.05) is 13.8 Å². The third-order valence-electron chi connectivity index (χ3n) is 4.09. The minimum absolute atomic E-state index is 0.0531. The number of oxazole rings is 1. The number of ether oxygens (including phenoxy) is 3. The van der Waals surface area contributed by atoms with E-state index in [1.165, 1.54) is 0 Å². The highest BCUT2D eigenvalue weighted by molar-refractivity contribution is 5.94. The van der Waals surface area contributed by atoms with E-state index in [4.69, 9.17) is 18.6 Å². The molecule has 0 saturated carbocycles. The lowest BCUT2D eigenvalue weighted by molar-refractivity contribution is -0.118. The molecule has 27 heavy (non-hydrogen) atoms. The quantitative estimate of drug-likeness (QED) is 0.703. The van der Waals surface area contributed by atoms with Crippen molar-refractivity contribution in [2.24, 2.45) is 5.92 Å². The number of hydrogen-bond acceptors (Lipinski definition) is 6. The van der Waals surface area contributed by atoms with Crippen molar-refractivity contribution in [3.63, 3.8) is 0 Å². The Labute approximate surface area is 157 Å². The molecular weight excluding hydrogens is 348 g/mol. The Morgan fingerprint density at radius 1 is 1.04 bits per heavy atom. The van der Waals surface area contributed by atoms with Crippen LogP contribution in [0.4, 0.5) is 5.69 Å². The third kappa shape index (κ3) is 3.67. The lowest BCUT2D eigenvalue weighted by Crippen LogP contribution is -2.17. The summed E-state index contributed by atoms with van der Waals surface area (Å²) >= 11 is 0. The molecule has 7 heteroatoms. The van der Waals surface area contributed by atoms with Gasteiger partial charge in [-0.15, -0.1) is 0 Å². The molecule has 1 heterocycles. The van der Waals surface area contributed by atoms with Crippen LogP contribution in [0.3, 0.4) is 0 Å². The van der Waals surface area contributed by atoms with Crippen LogP contribution in [0.2, 0.25) is 0 Å². The molecule has 0 aliphatic carbocycles. The summed E-state index contributed by atoms with van der Waals surface area (Å²) in [5.41, 5.74) is 2.61. The zero-order valence-electron chi connectivity index (χ0n) is 16.0. The summed E-state index contributed by atoms with van der Waals surface area (Å²) < 4.78 is 22.0. The molecule has 142 valence electrons. The van der Waals surface area contributed by atoms with Crippen molar-refractivity contribution in [2.75, 3.05) is 26.6 Å². The fourth-order valence-corrected chi connectivity index (χ4v) is 2.62. The van der Waals surface area contributed by atoms with Crippen molar-refractivity contribution in [1.29, 1.82) is 0 Å². The predicted molar refractivity (Wildman–Crippen MR) is 103 cm³/mol. The van der Waals surface area contributed by atoms with Gasteiger partial charge in [0.25, 0.3) is 0 Å². The maximum absolute atomic E-state index is 11.9. The molecule has 0 aliphatic heterocycles. The van der Waals surface area contributed by atoms with Crippen LogP contribution in [0.1, 0.15) is 13.8 Å². The molecule has 3 rings (SSSR count). The van der Waals surface area contributed by atoms with Gasteiger partial charge >= 0.3 is 0 Å². The Bertz CT molecular complexity index is 953. The molecule has 0 unspecified atom stereocenters. The van der Waals surface area contributed by atoms with Crippen LogP contribution in [0, 0.1) is 5.92 Å². The number of methoxy groups -OCH3 is 3. The lowest BCUT2D eigenvalue weighted by atomic mass is 10.2. The largest absolute Gasteiger partial charge is 0.493 e. The van der Waals surface area contributed by atoms with Crippen LogP contribution in [-0.4, -0.2) is 32.2 Å². The number of rotatable bonds is 6. The minimum Gasteiger partial charge on any atom is -0.493 e. The summed E-state index contributed by atoms with van der Waals surface area (Å²) in [7, 11) is 4.65. The Hall–Kier alpha value is -3.22. The second-order valence-electron chi connectivity index (χ2n) is 6.26. The van der Waals surface area contributed by atoms with Gasteiger partial charge in [-0.1, -0.05) is 13.8 Å². The van der Waals surface area contributed by atoms with Gasteiger partial charge in [-0.3, -0.25) is 4.79 Å². The van der Waals surface area contributed by atoms with E-state index in [1.54, 1.807) is 51.7 Å². The van der Waals surface area contributed by atoms with Crippen molar-refractivity contribution < 1.29 is 23.4 Å². The summed E-state index contributed by atoms with van der Waals surface area (Å²) in [5, 5.41) is 2.86. The number of nitrogens with zero attached hydrogens (tertiary/aromatic N) is 1. The van der Waals surface area contributed by atoms with E-state index >= 15 is 0 Å².